The summed E-state index contributed by atoms with van der Waals surface area (Å²) in [5.41, 5.74) is 2.80. The maximum Gasteiger partial charge on any atom is 0.187 e. The van der Waals surface area contributed by atoms with Crippen molar-refractivity contribution in [3.63, 3.8) is 0 Å². The van der Waals surface area contributed by atoms with Crippen LogP contribution in [-0.4, -0.2) is 5.78 Å². The molecule has 0 bridgehead atoms. The van der Waals surface area contributed by atoms with Gasteiger partial charge in [-0.1, -0.05) is 52.3 Å². The van der Waals surface area contributed by atoms with Gasteiger partial charge < -0.3 is 5.32 Å². The van der Waals surface area contributed by atoms with Crippen LogP contribution in [0.1, 0.15) is 15.9 Å². The van der Waals surface area contributed by atoms with Gasteiger partial charge >= 0.3 is 0 Å². The molecule has 2 aromatic rings. The van der Waals surface area contributed by atoms with Gasteiger partial charge in [0.25, 0.3) is 0 Å². The summed E-state index contributed by atoms with van der Waals surface area (Å²) in [5, 5.41) is 3.08. The van der Waals surface area contributed by atoms with Crippen LogP contribution in [0.2, 0.25) is 0 Å². The quantitative estimate of drug-likeness (QED) is 0.661. The summed E-state index contributed by atoms with van der Waals surface area (Å²) in [6.07, 6.45) is 3.19. The third-order valence-corrected chi connectivity index (χ3v) is 3.57. The van der Waals surface area contributed by atoms with Crippen molar-refractivity contribution in [3.05, 3.63) is 76.4 Å². The molecule has 0 aliphatic heterocycles. The Hall–Kier alpha value is -1.87. The van der Waals surface area contributed by atoms with E-state index in [1.54, 1.807) is 18.3 Å². The van der Waals surface area contributed by atoms with E-state index in [0.717, 1.165) is 10.2 Å². The van der Waals surface area contributed by atoms with Gasteiger partial charge in [0.1, 0.15) is 0 Å². The fourth-order valence-electron chi connectivity index (χ4n) is 1.59. The second-order valence-electron chi connectivity index (χ2n) is 4.17. The number of hydrogen-bond donors (Lipinski definition) is 1. The number of rotatable bonds is 4. The smallest absolute Gasteiger partial charge is 0.187 e. The van der Waals surface area contributed by atoms with Gasteiger partial charge in [0.05, 0.1) is 0 Å². The molecular weight excluding hydrogens is 302 g/mol. The van der Waals surface area contributed by atoms with E-state index in [4.69, 9.17) is 0 Å². The SMILES string of the molecule is Cc1ccc(N/C=C/C(=O)c2ccccc2)cc1Br. The molecule has 0 heterocycles. The van der Waals surface area contributed by atoms with Crippen LogP contribution >= 0.6 is 15.9 Å². The fraction of sp³-hybridized carbons (Fsp3) is 0.0625. The molecule has 0 radical (unpaired) electrons. The minimum absolute atomic E-state index is 0.0146. The Labute approximate surface area is 121 Å². The first-order chi connectivity index (χ1) is 9.16. The van der Waals surface area contributed by atoms with Crippen LogP contribution in [0, 0.1) is 6.92 Å². The number of hydrogen-bond acceptors (Lipinski definition) is 2. The molecule has 0 atom stereocenters. The first-order valence-corrected chi connectivity index (χ1v) is 6.75. The molecule has 0 saturated carbocycles. The number of anilines is 1. The van der Waals surface area contributed by atoms with Crippen LogP contribution < -0.4 is 5.32 Å². The number of carbonyl (C=O) groups excluding carboxylic acids is 1. The molecule has 0 spiro atoms. The molecular formula is C16H14BrNO. The number of halogens is 1. The standard InChI is InChI=1S/C16H14BrNO/c1-12-7-8-14(11-15(12)17)18-10-9-16(19)13-5-3-2-4-6-13/h2-11,18H,1H3/b10-9+. The lowest BCUT2D eigenvalue weighted by Gasteiger charge is -2.03. The van der Waals surface area contributed by atoms with E-state index in [-0.39, 0.29) is 5.78 Å². The Kier molecular flexibility index (Phi) is 4.53. The van der Waals surface area contributed by atoms with E-state index < -0.39 is 0 Å². The molecule has 0 aliphatic rings. The van der Waals surface area contributed by atoms with Gasteiger partial charge in [-0.2, -0.15) is 0 Å². The predicted molar refractivity (Wildman–Crippen MR) is 82.4 cm³/mol. The largest absolute Gasteiger partial charge is 0.362 e. The van der Waals surface area contributed by atoms with Gasteiger partial charge in [-0.05, 0) is 24.6 Å². The number of nitrogens with one attached hydrogen (secondary N) is 1. The highest BCUT2D eigenvalue weighted by atomic mass is 79.9. The van der Waals surface area contributed by atoms with Crippen molar-refractivity contribution in [1.29, 1.82) is 0 Å². The zero-order valence-corrected chi connectivity index (χ0v) is 12.1. The summed E-state index contributed by atoms with van der Waals surface area (Å²) in [4.78, 5) is 11.8. The molecule has 2 rings (SSSR count). The summed E-state index contributed by atoms with van der Waals surface area (Å²) >= 11 is 3.47. The van der Waals surface area contributed by atoms with E-state index in [1.807, 2.05) is 43.3 Å². The van der Waals surface area contributed by atoms with Crippen molar-refractivity contribution in [1.82, 2.24) is 0 Å². The van der Waals surface area contributed by atoms with Crippen molar-refractivity contribution >= 4 is 27.4 Å². The molecule has 0 aromatic heterocycles. The molecule has 1 N–H and O–H groups in total. The zero-order chi connectivity index (χ0) is 13.7. The number of benzene rings is 2. The summed E-state index contributed by atoms with van der Waals surface area (Å²) in [6, 6.07) is 15.2. The molecule has 96 valence electrons. The second-order valence-corrected chi connectivity index (χ2v) is 5.03. The molecule has 19 heavy (non-hydrogen) atoms. The Morgan fingerprint density at radius 1 is 1.16 bits per heavy atom. The average molecular weight is 316 g/mol. The van der Waals surface area contributed by atoms with Crippen molar-refractivity contribution < 1.29 is 4.79 Å². The highest BCUT2D eigenvalue weighted by Gasteiger charge is 1.99. The van der Waals surface area contributed by atoms with Crippen molar-refractivity contribution in [2.75, 3.05) is 5.32 Å². The number of carbonyl (C=O) groups is 1. The Balaban J connectivity index is 2.00. The normalized spacial score (nSPS) is 10.6. The summed E-state index contributed by atoms with van der Waals surface area (Å²) in [7, 11) is 0. The maximum atomic E-state index is 11.8. The van der Waals surface area contributed by atoms with E-state index >= 15 is 0 Å². The highest BCUT2D eigenvalue weighted by Crippen LogP contribution is 2.20. The predicted octanol–water partition coefficient (Wildman–Crippen LogP) is 4.57. The van der Waals surface area contributed by atoms with Crippen LogP contribution in [0.5, 0.6) is 0 Å². The average Bonchev–Trinajstić information content (AvgIpc) is 2.43. The fourth-order valence-corrected chi connectivity index (χ4v) is 1.97. The molecule has 0 fully saturated rings. The van der Waals surface area contributed by atoms with Gasteiger partial charge in [-0.3, -0.25) is 4.79 Å². The van der Waals surface area contributed by atoms with Gasteiger partial charge in [0.15, 0.2) is 5.78 Å². The topological polar surface area (TPSA) is 29.1 Å². The minimum Gasteiger partial charge on any atom is -0.362 e. The summed E-state index contributed by atoms with van der Waals surface area (Å²) in [5.74, 6) is -0.0146. The van der Waals surface area contributed by atoms with Crippen molar-refractivity contribution in [2.24, 2.45) is 0 Å². The summed E-state index contributed by atoms with van der Waals surface area (Å²) < 4.78 is 1.04. The van der Waals surface area contributed by atoms with Crippen molar-refractivity contribution in [3.8, 4) is 0 Å². The molecule has 2 aromatic carbocycles. The van der Waals surface area contributed by atoms with Crippen LogP contribution in [0.4, 0.5) is 5.69 Å². The second kappa shape index (κ2) is 6.34. The molecule has 0 saturated heterocycles. The zero-order valence-electron chi connectivity index (χ0n) is 10.6. The Morgan fingerprint density at radius 2 is 1.89 bits per heavy atom. The third kappa shape index (κ3) is 3.80. The first-order valence-electron chi connectivity index (χ1n) is 5.95. The van der Waals surface area contributed by atoms with Gasteiger partial charge in [-0.15, -0.1) is 0 Å². The van der Waals surface area contributed by atoms with E-state index in [9.17, 15) is 4.79 Å². The molecule has 3 heteroatoms. The van der Waals surface area contributed by atoms with Crippen LogP contribution in [-0.2, 0) is 0 Å². The maximum absolute atomic E-state index is 11.8. The van der Waals surface area contributed by atoms with E-state index in [1.165, 1.54) is 11.6 Å². The Morgan fingerprint density at radius 3 is 2.58 bits per heavy atom. The molecule has 2 nitrogen and oxygen atoms in total. The van der Waals surface area contributed by atoms with Crippen molar-refractivity contribution in [2.45, 2.75) is 6.92 Å². The Bertz CT molecular complexity index is 605. The first kappa shape index (κ1) is 13.6. The summed E-state index contributed by atoms with van der Waals surface area (Å²) in [6.45, 7) is 2.03. The van der Waals surface area contributed by atoms with Crippen LogP contribution in [0.3, 0.4) is 0 Å². The highest BCUT2D eigenvalue weighted by molar-refractivity contribution is 9.10. The lowest BCUT2D eigenvalue weighted by atomic mass is 10.1. The van der Waals surface area contributed by atoms with Gasteiger partial charge in [0.2, 0.25) is 0 Å². The molecule has 0 amide bonds. The van der Waals surface area contributed by atoms with E-state index in [0.29, 0.717) is 5.56 Å². The molecule has 0 aliphatic carbocycles. The monoisotopic (exact) mass is 315 g/mol. The lowest BCUT2D eigenvalue weighted by Crippen LogP contribution is -1.95. The lowest BCUT2D eigenvalue weighted by molar-refractivity contribution is 0.104. The van der Waals surface area contributed by atoms with Gasteiger partial charge in [0, 0.05) is 28.0 Å². The van der Waals surface area contributed by atoms with Crippen LogP contribution in [0.25, 0.3) is 0 Å². The number of ketones is 1. The van der Waals surface area contributed by atoms with Gasteiger partial charge in [-0.25, -0.2) is 0 Å². The minimum atomic E-state index is -0.0146. The van der Waals surface area contributed by atoms with Crippen LogP contribution in [0.15, 0.2) is 65.3 Å². The number of allylic oxidation sites excluding steroid dienone is 1. The number of aryl methyl sites for hydroxylation is 1. The third-order valence-electron chi connectivity index (χ3n) is 2.71. The van der Waals surface area contributed by atoms with E-state index in [2.05, 4.69) is 21.2 Å². The molecule has 0 unspecified atom stereocenters.